The third kappa shape index (κ3) is 3.37. The summed E-state index contributed by atoms with van der Waals surface area (Å²) in [6.45, 7) is 4.97. The van der Waals surface area contributed by atoms with Crippen LogP contribution in [0.3, 0.4) is 0 Å². The van der Waals surface area contributed by atoms with E-state index in [0.29, 0.717) is 29.6 Å². The van der Waals surface area contributed by atoms with Gasteiger partial charge in [-0.15, -0.1) is 0 Å². The number of benzene rings is 1. The van der Waals surface area contributed by atoms with Gasteiger partial charge in [0.05, 0.1) is 5.02 Å². The van der Waals surface area contributed by atoms with Gasteiger partial charge in [-0.05, 0) is 44.0 Å². The molecule has 2 unspecified atom stereocenters. The van der Waals surface area contributed by atoms with Crippen molar-refractivity contribution in [1.82, 2.24) is 9.62 Å². The Labute approximate surface area is 136 Å². The molecule has 1 aromatic carbocycles. The van der Waals surface area contributed by atoms with Crippen LogP contribution in [0.25, 0.3) is 0 Å². The smallest absolute Gasteiger partial charge is 0.244 e. The van der Waals surface area contributed by atoms with Crippen LogP contribution < -0.4 is 5.32 Å². The maximum atomic E-state index is 12.9. The molecule has 1 saturated heterocycles. The zero-order chi connectivity index (χ0) is 15.8. The zero-order valence-electron chi connectivity index (χ0n) is 12.4. The van der Waals surface area contributed by atoms with E-state index in [2.05, 4.69) is 12.2 Å². The second-order valence-electron chi connectivity index (χ2n) is 5.67. The highest BCUT2D eigenvalue weighted by atomic mass is 35.5. The second-order valence-corrected chi connectivity index (χ2v) is 8.35. The Hall–Kier alpha value is -0.330. The van der Waals surface area contributed by atoms with Gasteiger partial charge in [0.25, 0.3) is 0 Å². The molecule has 0 saturated carbocycles. The lowest BCUT2D eigenvalue weighted by molar-refractivity contribution is 0.405. The molecule has 1 heterocycles. The van der Waals surface area contributed by atoms with Crippen LogP contribution in [0.15, 0.2) is 17.0 Å². The summed E-state index contributed by atoms with van der Waals surface area (Å²) in [6, 6.07) is 3.11. The minimum absolute atomic E-state index is 0.0206. The van der Waals surface area contributed by atoms with Crippen molar-refractivity contribution in [2.45, 2.75) is 37.8 Å². The summed E-state index contributed by atoms with van der Waals surface area (Å²) < 4.78 is 27.3. The van der Waals surface area contributed by atoms with E-state index in [0.717, 1.165) is 6.42 Å². The summed E-state index contributed by atoms with van der Waals surface area (Å²) in [5, 5.41) is 3.59. The lowest BCUT2D eigenvalue weighted by Gasteiger charge is -2.22. The molecule has 7 heteroatoms. The fraction of sp³-hybridized carbons (Fsp3) is 0.571. The molecule has 1 aromatic rings. The van der Waals surface area contributed by atoms with E-state index in [1.165, 1.54) is 10.4 Å². The fourth-order valence-corrected chi connectivity index (χ4v) is 5.52. The first-order valence-electron chi connectivity index (χ1n) is 6.91. The van der Waals surface area contributed by atoms with Gasteiger partial charge in [-0.25, -0.2) is 8.42 Å². The number of hydrogen-bond donors (Lipinski definition) is 1. The highest BCUT2D eigenvalue weighted by Crippen LogP contribution is 2.35. The average molecular weight is 351 g/mol. The molecule has 0 spiro atoms. The van der Waals surface area contributed by atoms with Crippen molar-refractivity contribution in [3.63, 3.8) is 0 Å². The van der Waals surface area contributed by atoms with E-state index in [1.54, 1.807) is 13.1 Å². The predicted molar refractivity (Wildman–Crippen MR) is 86.4 cm³/mol. The normalized spacial score (nSPS) is 23.7. The summed E-state index contributed by atoms with van der Waals surface area (Å²) in [5.74, 6) is 0.351. The molecule has 0 radical (unpaired) electrons. The Balaban J connectivity index is 2.50. The minimum Gasteiger partial charge on any atom is -0.316 e. The van der Waals surface area contributed by atoms with Crippen LogP contribution in [0, 0.1) is 5.92 Å². The van der Waals surface area contributed by atoms with Crippen molar-refractivity contribution in [3.8, 4) is 0 Å². The van der Waals surface area contributed by atoms with Gasteiger partial charge < -0.3 is 5.32 Å². The molecule has 2 atom stereocenters. The summed E-state index contributed by atoms with van der Waals surface area (Å²) in [7, 11) is -1.85. The maximum Gasteiger partial charge on any atom is 0.244 e. The van der Waals surface area contributed by atoms with Crippen LogP contribution in [-0.4, -0.2) is 32.4 Å². The van der Waals surface area contributed by atoms with E-state index in [-0.39, 0.29) is 16.0 Å². The molecular weight excluding hydrogens is 331 g/mol. The third-order valence-electron chi connectivity index (χ3n) is 3.76. The van der Waals surface area contributed by atoms with Crippen LogP contribution in [-0.2, 0) is 16.6 Å². The van der Waals surface area contributed by atoms with E-state index in [4.69, 9.17) is 23.2 Å². The first-order chi connectivity index (χ1) is 9.77. The highest BCUT2D eigenvalue weighted by molar-refractivity contribution is 7.89. The summed E-state index contributed by atoms with van der Waals surface area (Å²) >= 11 is 12.4. The van der Waals surface area contributed by atoms with Crippen molar-refractivity contribution in [1.29, 1.82) is 0 Å². The van der Waals surface area contributed by atoms with E-state index in [9.17, 15) is 8.42 Å². The molecule has 21 heavy (non-hydrogen) atoms. The number of rotatable bonds is 4. The van der Waals surface area contributed by atoms with Gasteiger partial charge >= 0.3 is 0 Å². The Morgan fingerprint density at radius 2 is 2.00 bits per heavy atom. The quantitative estimate of drug-likeness (QED) is 0.907. The van der Waals surface area contributed by atoms with Crippen molar-refractivity contribution in [3.05, 3.63) is 27.7 Å². The van der Waals surface area contributed by atoms with Crippen molar-refractivity contribution >= 4 is 33.2 Å². The molecule has 0 amide bonds. The van der Waals surface area contributed by atoms with E-state index < -0.39 is 10.0 Å². The first-order valence-corrected chi connectivity index (χ1v) is 9.11. The van der Waals surface area contributed by atoms with Crippen LogP contribution >= 0.6 is 23.2 Å². The summed E-state index contributed by atoms with van der Waals surface area (Å²) in [4.78, 5) is 0.0999. The molecule has 1 aliphatic heterocycles. The maximum absolute atomic E-state index is 12.9. The Morgan fingerprint density at radius 3 is 2.52 bits per heavy atom. The number of hydrogen-bond acceptors (Lipinski definition) is 3. The standard InChI is InChI=1S/C14H20Cl2N2O2S/c1-9-4-10(2)18(8-9)21(19,20)13-6-12(15)5-11(7-17-3)14(13)16/h5-6,9-10,17H,4,7-8H2,1-3H3. The van der Waals surface area contributed by atoms with Gasteiger partial charge in [-0.3, -0.25) is 0 Å². The Kier molecular flexibility index (Phi) is 5.21. The Morgan fingerprint density at radius 1 is 1.33 bits per heavy atom. The van der Waals surface area contributed by atoms with E-state index >= 15 is 0 Å². The number of sulfonamides is 1. The molecule has 118 valence electrons. The number of nitrogens with zero attached hydrogens (tertiary/aromatic N) is 1. The van der Waals surface area contributed by atoms with Gasteiger partial charge in [0, 0.05) is 24.2 Å². The molecule has 1 aliphatic rings. The van der Waals surface area contributed by atoms with Crippen molar-refractivity contribution in [2.75, 3.05) is 13.6 Å². The monoisotopic (exact) mass is 350 g/mol. The lowest BCUT2D eigenvalue weighted by Crippen LogP contribution is -2.34. The molecule has 0 aliphatic carbocycles. The van der Waals surface area contributed by atoms with Gasteiger partial charge in [0.2, 0.25) is 10.0 Å². The zero-order valence-corrected chi connectivity index (χ0v) is 14.7. The largest absolute Gasteiger partial charge is 0.316 e. The molecule has 4 nitrogen and oxygen atoms in total. The van der Waals surface area contributed by atoms with Gasteiger partial charge in [0.1, 0.15) is 4.90 Å². The highest BCUT2D eigenvalue weighted by Gasteiger charge is 2.37. The number of nitrogens with one attached hydrogen (secondary N) is 1. The molecule has 0 aromatic heterocycles. The summed E-state index contributed by atoms with van der Waals surface area (Å²) in [5.41, 5.74) is 0.685. The van der Waals surface area contributed by atoms with Gasteiger partial charge in [0.15, 0.2) is 0 Å². The second kappa shape index (κ2) is 6.42. The van der Waals surface area contributed by atoms with Crippen LogP contribution in [0.4, 0.5) is 0 Å². The molecule has 1 fully saturated rings. The SMILES string of the molecule is CNCc1cc(Cl)cc(S(=O)(=O)N2CC(C)CC2C)c1Cl. The number of halogens is 2. The molecule has 0 bridgehead atoms. The molecular formula is C14H20Cl2N2O2S. The Bertz CT molecular complexity index is 634. The van der Waals surface area contributed by atoms with Crippen molar-refractivity contribution in [2.24, 2.45) is 5.92 Å². The summed E-state index contributed by atoms with van der Waals surface area (Å²) in [6.07, 6.45) is 0.862. The third-order valence-corrected chi connectivity index (χ3v) is 6.54. The average Bonchev–Trinajstić information content (AvgIpc) is 2.73. The molecule has 2 rings (SSSR count). The van der Waals surface area contributed by atoms with E-state index in [1.807, 2.05) is 6.92 Å². The minimum atomic E-state index is -3.63. The molecule has 1 N–H and O–H groups in total. The van der Waals surface area contributed by atoms with Gasteiger partial charge in [-0.2, -0.15) is 4.31 Å². The lowest BCUT2D eigenvalue weighted by atomic mass is 10.1. The van der Waals surface area contributed by atoms with Crippen molar-refractivity contribution < 1.29 is 8.42 Å². The topological polar surface area (TPSA) is 49.4 Å². The van der Waals surface area contributed by atoms with Gasteiger partial charge in [-0.1, -0.05) is 30.1 Å². The predicted octanol–water partition coefficient (Wildman–Crippen LogP) is 3.13. The van der Waals surface area contributed by atoms with Crippen LogP contribution in [0.2, 0.25) is 10.0 Å². The fourth-order valence-electron chi connectivity index (χ4n) is 2.85. The van der Waals surface area contributed by atoms with Crippen LogP contribution in [0.5, 0.6) is 0 Å². The van der Waals surface area contributed by atoms with Crippen LogP contribution in [0.1, 0.15) is 25.8 Å². The first kappa shape index (κ1) is 17.0.